The number of hydrogen-bond donors (Lipinski definition) is 0. The molecule has 0 bridgehead atoms. The number of halogens is 4. The molecule has 0 aliphatic carbocycles. The molecule has 1 aliphatic heterocycles. The first-order chi connectivity index (χ1) is 18.0. The van der Waals surface area contributed by atoms with Crippen LogP contribution >= 0.6 is 35.6 Å². The number of anilines is 1. The summed E-state index contributed by atoms with van der Waals surface area (Å²) >= 11 is 12.4. The van der Waals surface area contributed by atoms with Crippen LogP contribution in [0.15, 0.2) is 65.6 Å². The molecule has 1 heterocycles. The summed E-state index contributed by atoms with van der Waals surface area (Å²) < 4.78 is 50.6. The van der Waals surface area contributed by atoms with E-state index in [9.17, 15) is 28.1 Å². The topological polar surface area (TPSA) is 81.9 Å². The van der Waals surface area contributed by atoms with Crippen molar-refractivity contribution >= 4 is 63.3 Å². The maximum Gasteiger partial charge on any atom is 0.416 e. The maximum atomic E-state index is 13.0. The molecule has 0 N–H and O–H groups in total. The van der Waals surface area contributed by atoms with Crippen molar-refractivity contribution in [2.75, 3.05) is 11.5 Å². The van der Waals surface area contributed by atoms with Crippen LogP contribution in [-0.4, -0.2) is 21.8 Å². The molecule has 1 saturated heterocycles. The van der Waals surface area contributed by atoms with Crippen molar-refractivity contribution in [3.05, 3.63) is 91.8 Å². The van der Waals surface area contributed by atoms with E-state index in [-0.39, 0.29) is 29.8 Å². The molecule has 13 heteroatoms. The first-order valence-electron chi connectivity index (χ1n) is 10.8. The largest absolute Gasteiger partial charge is 0.490 e. The molecular weight excluding hydrogens is 565 g/mol. The van der Waals surface area contributed by atoms with Crippen molar-refractivity contribution in [2.45, 2.75) is 13.1 Å². The number of amides is 1. The van der Waals surface area contributed by atoms with Gasteiger partial charge in [-0.05, 0) is 67.1 Å². The van der Waals surface area contributed by atoms with Gasteiger partial charge in [-0.15, -0.1) is 0 Å². The highest BCUT2D eigenvalue weighted by Gasteiger charge is 2.34. The summed E-state index contributed by atoms with van der Waals surface area (Å²) in [6.07, 6.45) is -3.15. The van der Waals surface area contributed by atoms with Gasteiger partial charge in [0.1, 0.15) is 0 Å². The minimum atomic E-state index is -4.75. The molecule has 3 aromatic rings. The molecule has 0 aromatic heterocycles. The number of nitro groups is 1. The Labute approximate surface area is 228 Å². The lowest BCUT2D eigenvalue weighted by Gasteiger charge is -2.14. The number of alkyl halides is 3. The van der Waals surface area contributed by atoms with E-state index in [1.165, 1.54) is 11.0 Å². The molecule has 1 fully saturated rings. The zero-order valence-corrected chi connectivity index (χ0v) is 21.7. The standard InChI is InChI=1S/C25H16ClF3N2O5S2/c1-2-35-21-11-14(12-22-23(32)30(24(37)38-22)17-7-5-16(26)6-8-17)3-9-20(21)36-19-10-4-15(25(27,28)29)13-18(19)31(33)34/h3-13H,2H2,1H3/b22-12-. The maximum absolute atomic E-state index is 13.0. The third-order valence-electron chi connectivity index (χ3n) is 5.15. The van der Waals surface area contributed by atoms with Crippen LogP contribution in [0.5, 0.6) is 17.2 Å². The number of rotatable bonds is 7. The second-order valence-corrected chi connectivity index (χ2v) is 9.78. The molecule has 0 saturated carbocycles. The van der Waals surface area contributed by atoms with Gasteiger partial charge in [0.15, 0.2) is 15.8 Å². The van der Waals surface area contributed by atoms with E-state index in [2.05, 4.69) is 0 Å². The molecule has 1 amide bonds. The Kier molecular flexibility index (Phi) is 7.95. The van der Waals surface area contributed by atoms with Crippen LogP contribution in [0.1, 0.15) is 18.1 Å². The van der Waals surface area contributed by atoms with E-state index in [4.69, 9.17) is 33.3 Å². The molecule has 0 atom stereocenters. The summed E-state index contributed by atoms with van der Waals surface area (Å²) in [6.45, 7) is 1.90. The highest BCUT2D eigenvalue weighted by Crippen LogP contribution is 2.41. The monoisotopic (exact) mass is 580 g/mol. The predicted octanol–water partition coefficient (Wildman–Crippen LogP) is 7.86. The fourth-order valence-corrected chi connectivity index (χ4v) is 4.87. The lowest BCUT2D eigenvalue weighted by Crippen LogP contribution is -2.27. The van der Waals surface area contributed by atoms with Crippen molar-refractivity contribution in [3.63, 3.8) is 0 Å². The SMILES string of the molecule is CCOc1cc(/C=C2\SC(=S)N(c3ccc(Cl)cc3)C2=O)ccc1Oc1ccc(C(F)(F)F)cc1[N+](=O)[O-]. The quantitative estimate of drug-likeness (QED) is 0.122. The summed E-state index contributed by atoms with van der Waals surface area (Å²) in [5.41, 5.74) is -0.915. The second kappa shape index (κ2) is 11.0. The Balaban J connectivity index is 1.64. The fourth-order valence-electron chi connectivity index (χ4n) is 3.44. The van der Waals surface area contributed by atoms with Gasteiger partial charge in [-0.25, -0.2) is 0 Å². The highest BCUT2D eigenvalue weighted by atomic mass is 35.5. The third-order valence-corrected chi connectivity index (χ3v) is 6.70. The van der Waals surface area contributed by atoms with Crippen LogP contribution in [-0.2, 0) is 11.0 Å². The Morgan fingerprint density at radius 2 is 1.76 bits per heavy atom. The Hall–Kier alpha value is -3.61. The van der Waals surface area contributed by atoms with E-state index in [1.807, 2.05) is 0 Å². The van der Waals surface area contributed by atoms with Gasteiger partial charge in [0.2, 0.25) is 5.75 Å². The second-order valence-electron chi connectivity index (χ2n) is 7.67. The average molecular weight is 581 g/mol. The van der Waals surface area contributed by atoms with Crippen LogP contribution in [0.3, 0.4) is 0 Å². The summed E-state index contributed by atoms with van der Waals surface area (Å²) in [5, 5.41) is 11.9. The Morgan fingerprint density at radius 1 is 1.08 bits per heavy atom. The molecule has 0 spiro atoms. The number of nitro benzene ring substituents is 1. The van der Waals surface area contributed by atoms with Gasteiger partial charge < -0.3 is 9.47 Å². The number of thioether (sulfide) groups is 1. The van der Waals surface area contributed by atoms with Crippen LogP contribution in [0.25, 0.3) is 6.08 Å². The van der Waals surface area contributed by atoms with Crippen molar-refractivity contribution in [2.24, 2.45) is 0 Å². The number of ether oxygens (including phenoxy) is 2. The van der Waals surface area contributed by atoms with Gasteiger partial charge in [-0.2, -0.15) is 13.2 Å². The van der Waals surface area contributed by atoms with Crippen molar-refractivity contribution in [1.29, 1.82) is 0 Å². The van der Waals surface area contributed by atoms with Crippen molar-refractivity contribution < 1.29 is 32.4 Å². The first kappa shape index (κ1) is 27.4. The molecule has 4 rings (SSSR count). The van der Waals surface area contributed by atoms with Crippen molar-refractivity contribution in [3.8, 4) is 17.2 Å². The number of benzene rings is 3. The normalized spacial score (nSPS) is 14.8. The lowest BCUT2D eigenvalue weighted by atomic mass is 10.1. The minimum Gasteiger partial charge on any atom is -0.490 e. The average Bonchev–Trinajstić information content (AvgIpc) is 3.13. The highest BCUT2D eigenvalue weighted by molar-refractivity contribution is 8.27. The summed E-state index contributed by atoms with van der Waals surface area (Å²) in [5.74, 6) is -0.509. The summed E-state index contributed by atoms with van der Waals surface area (Å²) in [7, 11) is 0. The number of nitrogens with zero attached hydrogens (tertiary/aromatic N) is 2. The molecule has 3 aromatic carbocycles. The summed E-state index contributed by atoms with van der Waals surface area (Å²) in [6, 6.07) is 13.2. The zero-order valence-electron chi connectivity index (χ0n) is 19.3. The van der Waals surface area contributed by atoms with E-state index in [1.54, 1.807) is 49.4 Å². The molecule has 1 aliphatic rings. The fraction of sp³-hybridized carbons (Fsp3) is 0.120. The Bertz CT molecular complexity index is 1460. The number of hydrogen-bond acceptors (Lipinski definition) is 7. The molecule has 7 nitrogen and oxygen atoms in total. The molecular formula is C25H16ClF3N2O5S2. The van der Waals surface area contributed by atoms with E-state index in [0.29, 0.717) is 37.6 Å². The van der Waals surface area contributed by atoms with Gasteiger partial charge in [-0.1, -0.05) is 41.6 Å². The van der Waals surface area contributed by atoms with Gasteiger partial charge >= 0.3 is 11.9 Å². The van der Waals surface area contributed by atoms with E-state index in [0.717, 1.165) is 17.8 Å². The van der Waals surface area contributed by atoms with Gasteiger partial charge in [0, 0.05) is 11.1 Å². The van der Waals surface area contributed by atoms with E-state index < -0.39 is 22.4 Å². The number of carbonyl (C=O) groups excluding carboxylic acids is 1. The molecule has 196 valence electrons. The number of thiocarbonyl (C=S) groups is 1. The van der Waals surface area contributed by atoms with Crippen molar-refractivity contribution in [1.82, 2.24) is 0 Å². The molecule has 0 unspecified atom stereocenters. The van der Waals surface area contributed by atoms with Crippen LogP contribution in [0, 0.1) is 10.1 Å². The van der Waals surface area contributed by atoms with Gasteiger partial charge in [-0.3, -0.25) is 19.8 Å². The lowest BCUT2D eigenvalue weighted by molar-refractivity contribution is -0.385. The van der Waals surface area contributed by atoms with Crippen LogP contribution in [0.2, 0.25) is 5.02 Å². The predicted molar refractivity (Wildman–Crippen MR) is 143 cm³/mol. The molecule has 0 radical (unpaired) electrons. The van der Waals surface area contributed by atoms with Gasteiger partial charge in [0.25, 0.3) is 5.91 Å². The Morgan fingerprint density at radius 3 is 2.39 bits per heavy atom. The third kappa shape index (κ3) is 5.93. The van der Waals surface area contributed by atoms with E-state index >= 15 is 0 Å². The minimum absolute atomic E-state index is 0.0422. The van der Waals surface area contributed by atoms with Gasteiger partial charge in [0.05, 0.1) is 27.7 Å². The zero-order chi connectivity index (χ0) is 27.6. The van der Waals surface area contributed by atoms with Crippen LogP contribution in [0.4, 0.5) is 24.5 Å². The van der Waals surface area contributed by atoms with Crippen LogP contribution < -0.4 is 14.4 Å². The smallest absolute Gasteiger partial charge is 0.416 e. The summed E-state index contributed by atoms with van der Waals surface area (Å²) in [4.78, 5) is 25.2. The first-order valence-corrected chi connectivity index (χ1v) is 12.4. The molecule has 38 heavy (non-hydrogen) atoms. The number of carbonyl (C=O) groups is 1.